The fourth-order valence-corrected chi connectivity index (χ4v) is 2.08. The molecule has 3 unspecified atom stereocenters. The van der Waals surface area contributed by atoms with Gasteiger partial charge in [-0.1, -0.05) is 24.3 Å². The summed E-state index contributed by atoms with van der Waals surface area (Å²) in [5.41, 5.74) is -1.45. The number of benzene rings is 1. The zero-order valence-electron chi connectivity index (χ0n) is 13.7. The molecule has 1 aromatic rings. The minimum atomic E-state index is -7.47. The molecule has 0 fully saturated rings. The van der Waals surface area contributed by atoms with Crippen LogP contribution < -0.4 is 0 Å². The van der Waals surface area contributed by atoms with Crippen molar-refractivity contribution in [1.29, 1.82) is 0 Å². The molecule has 0 heterocycles. The van der Waals surface area contributed by atoms with E-state index >= 15 is 0 Å². The van der Waals surface area contributed by atoms with Crippen LogP contribution >= 0.6 is 0 Å². The first-order valence-corrected chi connectivity index (χ1v) is 7.38. The third-order valence-electron chi connectivity index (χ3n) is 3.87. The molecular formula is C15H11F13O. The quantitative estimate of drug-likeness (QED) is 0.477. The highest BCUT2D eigenvalue weighted by atomic mass is 19.4. The summed E-state index contributed by atoms with van der Waals surface area (Å²) >= 11 is 0. The molecule has 168 valence electrons. The summed E-state index contributed by atoms with van der Waals surface area (Å²) in [6, 6.07) is 2.14. The highest BCUT2D eigenvalue weighted by Gasteiger charge is 2.84. The van der Waals surface area contributed by atoms with Gasteiger partial charge in [-0.2, -0.15) is 35.1 Å². The van der Waals surface area contributed by atoms with Crippen molar-refractivity contribution < 1.29 is 62.2 Å². The summed E-state index contributed by atoms with van der Waals surface area (Å²) in [4.78, 5) is 0. The standard InChI is InChI=1S/C15H11F13O/c16-8(11(19)20)10(18)13(23,24)15(27,28)14(25,26)12(21,22)9(17)7-3-1-6(5-29)2-4-7/h1-4,8-11,29H,5H2. The van der Waals surface area contributed by atoms with Gasteiger partial charge >= 0.3 is 23.7 Å². The molecule has 1 aromatic carbocycles. The van der Waals surface area contributed by atoms with E-state index in [1.165, 1.54) is 0 Å². The minimum Gasteiger partial charge on any atom is -0.392 e. The van der Waals surface area contributed by atoms with Crippen LogP contribution in [0.5, 0.6) is 0 Å². The number of alkyl halides is 13. The molecule has 1 nitrogen and oxygen atoms in total. The second-order valence-corrected chi connectivity index (χ2v) is 5.84. The average Bonchev–Trinajstić information content (AvgIpc) is 2.65. The maximum absolute atomic E-state index is 13.9. The van der Waals surface area contributed by atoms with Gasteiger partial charge in [0.15, 0.2) is 12.3 Å². The summed E-state index contributed by atoms with van der Waals surface area (Å²) in [7, 11) is 0. The molecule has 0 saturated carbocycles. The monoisotopic (exact) mass is 454 g/mol. The van der Waals surface area contributed by atoms with Gasteiger partial charge in [0.05, 0.1) is 6.61 Å². The van der Waals surface area contributed by atoms with Crippen LogP contribution in [-0.4, -0.2) is 47.6 Å². The van der Waals surface area contributed by atoms with Gasteiger partial charge in [-0.25, -0.2) is 22.0 Å². The Hall–Kier alpha value is -1.73. The van der Waals surface area contributed by atoms with Crippen LogP contribution in [0.4, 0.5) is 57.1 Å². The molecule has 1 N–H and O–H groups in total. The molecule has 0 radical (unpaired) electrons. The Morgan fingerprint density at radius 3 is 1.48 bits per heavy atom. The number of rotatable bonds is 9. The van der Waals surface area contributed by atoms with Crippen LogP contribution in [0.25, 0.3) is 0 Å². The van der Waals surface area contributed by atoms with Crippen LogP contribution in [0.15, 0.2) is 24.3 Å². The fourth-order valence-electron chi connectivity index (χ4n) is 2.08. The summed E-state index contributed by atoms with van der Waals surface area (Å²) in [5.74, 6) is -28.5. The van der Waals surface area contributed by atoms with Crippen molar-refractivity contribution in [3.8, 4) is 0 Å². The molecule has 0 aromatic heterocycles. The van der Waals surface area contributed by atoms with E-state index in [4.69, 9.17) is 5.11 Å². The third-order valence-corrected chi connectivity index (χ3v) is 3.87. The van der Waals surface area contributed by atoms with Gasteiger partial charge in [-0.3, -0.25) is 0 Å². The van der Waals surface area contributed by atoms with Crippen LogP contribution in [0.3, 0.4) is 0 Å². The van der Waals surface area contributed by atoms with Crippen molar-refractivity contribution in [2.24, 2.45) is 0 Å². The van der Waals surface area contributed by atoms with Crippen molar-refractivity contribution in [3.05, 3.63) is 35.4 Å². The highest BCUT2D eigenvalue weighted by molar-refractivity contribution is 5.26. The van der Waals surface area contributed by atoms with Gasteiger partial charge in [0.2, 0.25) is 6.17 Å². The predicted molar refractivity (Wildman–Crippen MR) is 71.8 cm³/mol. The molecule has 0 aliphatic carbocycles. The van der Waals surface area contributed by atoms with Gasteiger partial charge in [0.1, 0.15) is 0 Å². The normalized spacial score (nSPS) is 17.3. The van der Waals surface area contributed by atoms with Crippen molar-refractivity contribution >= 4 is 0 Å². The van der Waals surface area contributed by atoms with Crippen molar-refractivity contribution in [2.45, 2.75) is 55.2 Å². The SMILES string of the molecule is OCc1ccc(C(F)C(F)(F)C(F)(F)C(F)(F)C(F)(F)C(F)C(F)C(F)F)cc1. The van der Waals surface area contributed by atoms with Gasteiger partial charge in [-0.15, -0.1) is 0 Å². The lowest BCUT2D eigenvalue weighted by Gasteiger charge is -2.39. The zero-order chi connectivity index (χ0) is 23.0. The summed E-state index contributed by atoms with van der Waals surface area (Å²) < 4.78 is 172. The number of aliphatic hydroxyl groups excluding tert-OH is 1. The average molecular weight is 454 g/mol. The maximum atomic E-state index is 13.9. The van der Waals surface area contributed by atoms with Gasteiger partial charge in [-0.05, 0) is 11.1 Å². The lowest BCUT2D eigenvalue weighted by Crippen LogP contribution is -2.67. The minimum absolute atomic E-state index is 0.0471. The van der Waals surface area contributed by atoms with Crippen molar-refractivity contribution in [1.82, 2.24) is 0 Å². The van der Waals surface area contributed by atoms with E-state index in [1.54, 1.807) is 0 Å². The van der Waals surface area contributed by atoms with Gasteiger partial charge in [0.25, 0.3) is 6.43 Å². The van der Waals surface area contributed by atoms with Crippen LogP contribution in [-0.2, 0) is 6.61 Å². The van der Waals surface area contributed by atoms with Crippen molar-refractivity contribution in [2.75, 3.05) is 0 Å². The lowest BCUT2D eigenvalue weighted by atomic mass is 9.89. The number of hydrogen-bond donors (Lipinski definition) is 1. The molecule has 0 bridgehead atoms. The summed E-state index contributed by atoms with van der Waals surface area (Å²) in [6.45, 7) is -0.708. The van der Waals surface area contributed by atoms with Gasteiger partial charge < -0.3 is 5.11 Å². The Kier molecular flexibility index (Phi) is 7.14. The second kappa shape index (κ2) is 8.19. The van der Waals surface area contributed by atoms with Crippen LogP contribution in [0, 0.1) is 0 Å². The van der Waals surface area contributed by atoms with Crippen LogP contribution in [0.1, 0.15) is 17.3 Å². The Labute approximate surface area is 154 Å². The molecule has 1 rings (SSSR count). The van der Waals surface area contributed by atoms with E-state index < -0.39 is 60.8 Å². The molecule has 0 aliphatic rings. The summed E-state index contributed by atoms with van der Waals surface area (Å²) in [6.07, 6.45) is -19.0. The van der Waals surface area contributed by atoms with E-state index in [-0.39, 0.29) is 5.56 Å². The molecule has 3 atom stereocenters. The zero-order valence-corrected chi connectivity index (χ0v) is 13.7. The third kappa shape index (κ3) is 4.12. The lowest BCUT2D eigenvalue weighted by molar-refractivity contribution is -0.387. The molecule has 0 saturated heterocycles. The Morgan fingerprint density at radius 1 is 0.690 bits per heavy atom. The number of hydrogen-bond acceptors (Lipinski definition) is 1. The highest BCUT2D eigenvalue weighted by Crippen LogP contribution is 2.58. The van der Waals surface area contributed by atoms with E-state index in [9.17, 15) is 57.1 Å². The Balaban J connectivity index is 3.36. The molecule has 14 heteroatoms. The van der Waals surface area contributed by atoms with E-state index in [1.807, 2.05) is 0 Å². The summed E-state index contributed by atoms with van der Waals surface area (Å²) in [5, 5.41) is 8.72. The fraction of sp³-hybridized carbons (Fsp3) is 0.600. The van der Waals surface area contributed by atoms with Crippen LogP contribution in [0.2, 0.25) is 0 Å². The van der Waals surface area contributed by atoms with E-state index in [0.717, 1.165) is 12.1 Å². The molecule has 0 aliphatic heterocycles. The van der Waals surface area contributed by atoms with Crippen molar-refractivity contribution in [3.63, 3.8) is 0 Å². The second-order valence-electron chi connectivity index (χ2n) is 5.84. The predicted octanol–water partition coefficient (Wildman–Crippen LogP) is 5.67. The first kappa shape index (κ1) is 25.3. The first-order valence-electron chi connectivity index (χ1n) is 7.38. The number of halogens is 13. The first-order chi connectivity index (χ1) is 13.0. The maximum Gasteiger partial charge on any atom is 0.381 e. The number of aliphatic hydroxyl groups is 1. The molecular weight excluding hydrogens is 443 g/mol. The largest absolute Gasteiger partial charge is 0.392 e. The molecule has 0 spiro atoms. The van der Waals surface area contributed by atoms with E-state index in [2.05, 4.69) is 0 Å². The topological polar surface area (TPSA) is 20.2 Å². The van der Waals surface area contributed by atoms with E-state index in [0.29, 0.717) is 12.1 Å². The smallest absolute Gasteiger partial charge is 0.381 e. The Morgan fingerprint density at radius 2 is 1.10 bits per heavy atom. The molecule has 29 heavy (non-hydrogen) atoms. The van der Waals surface area contributed by atoms with Gasteiger partial charge in [0, 0.05) is 0 Å². The molecule has 0 amide bonds. The Bertz CT molecular complexity index is 673.